The lowest BCUT2D eigenvalue weighted by Crippen LogP contribution is -2.67. The molecule has 0 bridgehead atoms. The molecular formula is C37H60N4O32P2S. The Hall–Kier alpha value is -2.61. The first-order valence-electron chi connectivity index (χ1n) is 22.7. The number of ether oxygens (including phenoxy) is 7. The minimum absolute atomic E-state index is 0.463. The molecule has 1 aromatic rings. The molecule has 436 valence electrons. The summed E-state index contributed by atoms with van der Waals surface area (Å²) in [6, 6.07) is -2.79. The van der Waals surface area contributed by atoms with Gasteiger partial charge in [0.15, 0.2) is 31.4 Å². The van der Waals surface area contributed by atoms with Gasteiger partial charge in [0.25, 0.3) is 5.56 Å². The van der Waals surface area contributed by atoms with Crippen LogP contribution in [0.15, 0.2) is 21.9 Å². The number of amides is 2. The number of hydrogen-bond donors (Lipinski definition) is 19. The summed E-state index contributed by atoms with van der Waals surface area (Å²) in [5.41, 5.74) is -1.89. The monoisotopic (exact) mass is 1170 g/mol. The van der Waals surface area contributed by atoms with Crippen molar-refractivity contribution in [1.29, 1.82) is 0 Å². The Morgan fingerprint density at radius 1 is 0.658 bits per heavy atom. The standard InChI is InChI=1S/C37H60N4O32P2S/c1-10(44)38-18-25(52)20(47)11(4-42)68-34(18)71-31-28(55)24(51)15(70-36(31)64-6-13-22(49)27(54)30(57)33(58)67-13)8-76-9-17(46)39-19-26(53)21(48)12(5-43)69-35(19)72-75(62,63)73-74(60,61)65-7-14-23(50)29(56)32(66-14)41-3-2-16(45)40-37(41)59/h2-3,11-15,18-36,42-43,47-58H,4-9H2,1H3,(H,38,44)(H,39,46)(H,60,61)(H,62,63)(H,40,45,59)/t11-,12-,13-,14-,15-,18-,19-,20-,21-,22-,23-,24-,25-,26-,27+,28+,29-,30+,31+,32-,33-,34+,35-,36+/m1/s1. The number of phosphoric acid groups is 2. The fourth-order valence-electron chi connectivity index (χ4n) is 8.34. The van der Waals surface area contributed by atoms with Crippen molar-refractivity contribution in [2.24, 2.45) is 0 Å². The van der Waals surface area contributed by atoms with Crippen LogP contribution < -0.4 is 21.9 Å². The molecule has 6 heterocycles. The van der Waals surface area contributed by atoms with E-state index < -0.39 is 224 Å². The second-order valence-corrected chi connectivity index (χ2v) is 21.8. The molecule has 1 aromatic heterocycles. The maximum Gasteiger partial charge on any atom is 0.483 e. The fourth-order valence-corrected chi connectivity index (χ4v) is 11.4. The summed E-state index contributed by atoms with van der Waals surface area (Å²) in [4.78, 5) is 71.8. The van der Waals surface area contributed by atoms with Crippen molar-refractivity contribution in [1.82, 2.24) is 20.2 Å². The lowest BCUT2D eigenvalue weighted by molar-refractivity contribution is -0.358. The third-order valence-corrected chi connectivity index (χ3v) is 16.0. The number of H-pyrrole nitrogens is 1. The number of carbonyl (C=O) groups is 2. The lowest BCUT2D eigenvalue weighted by Gasteiger charge is -2.47. The molecule has 0 saturated carbocycles. The van der Waals surface area contributed by atoms with Crippen molar-refractivity contribution in [2.45, 2.75) is 154 Å². The highest BCUT2D eigenvalue weighted by Gasteiger charge is 2.54. The van der Waals surface area contributed by atoms with Gasteiger partial charge in [-0.2, -0.15) is 4.31 Å². The molecule has 2 unspecified atom stereocenters. The van der Waals surface area contributed by atoms with Gasteiger partial charge < -0.3 is 125 Å². The molecule has 5 aliphatic rings. The summed E-state index contributed by atoms with van der Waals surface area (Å²) in [7, 11) is -11.7. The summed E-state index contributed by atoms with van der Waals surface area (Å²) < 4.78 is 79.2. The van der Waals surface area contributed by atoms with E-state index in [-0.39, 0.29) is 0 Å². The van der Waals surface area contributed by atoms with Gasteiger partial charge in [0.1, 0.15) is 110 Å². The first-order chi connectivity index (χ1) is 35.6. The van der Waals surface area contributed by atoms with E-state index in [2.05, 4.69) is 19.5 Å². The third kappa shape index (κ3) is 14.8. The van der Waals surface area contributed by atoms with Crippen LogP contribution in [-0.4, -0.2) is 282 Å². The molecule has 39 heteroatoms. The Labute approximate surface area is 430 Å². The van der Waals surface area contributed by atoms with Crippen LogP contribution in [0, 0.1) is 0 Å². The Kier molecular flexibility index (Phi) is 21.7. The van der Waals surface area contributed by atoms with Gasteiger partial charge in [0, 0.05) is 24.9 Å². The number of carbonyl (C=O) groups excluding carboxylic acids is 2. The highest BCUT2D eigenvalue weighted by molar-refractivity contribution is 8.00. The van der Waals surface area contributed by atoms with Crippen molar-refractivity contribution in [3.8, 4) is 0 Å². The minimum atomic E-state index is -5.96. The van der Waals surface area contributed by atoms with E-state index in [1.54, 1.807) is 0 Å². The summed E-state index contributed by atoms with van der Waals surface area (Å²) in [5.74, 6) is -3.04. The van der Waals surface area contributed by atoms with Crippen molar-refractivity contribution in [2.75, 3.05) is 37.9 Å². The zero-order valence-corrected chi connectivity index (χ0v) is 41.8. The van der Waals surface area contributed by atoms with Crippen LogP contribution in [0.5, 0.6) is 0 Å². The van der Waals surface area contributed by atoms with Gasteiger partial charge in [-0.1, -0.05) is 0 Å². The van der Waals surface area contributed by atoms with E-state index in [9.17, 15) is 110 Å². The molecular weight excluding hydrogens is 1110 g/mol. The summed E-state index contributed by atoms with van der Waals surface area (Å²) >= 11 is 0.625. The van der Waals surface area contributed by atoms with Gasteiger partial charge in [-0.25, -0.2) is 13.9 Å². The summed E-state index contributed by atoms with van der Waals surface area (Å²) in [6.45, 7) is -2.93. The molecule has 76 heavy (non-hydrogen) atoms. The number of hydrogen-bond acceptors (Lipinski definition) is 31. The second kappa shape index (κ2) is 26.3. The van der Waals surface area contributed by atoms with Crippen molar-refractivity contribution in [3.63, 3.8) is 0 Å². The third-order valence-electron chi connectivity index (χ3n) is 12.3. The molecule has 5 saturated heterocycles. The highest BCUT2D eigenvalue weighted by Crippen LogP contribution is 2.61. The Morgan fingerprint density at radius 2 is 1.21 bits per heavy atom. The van der Waals surface area contributed by atoms with Crippen molar-refractivity contribution in [3.05, 3.63) is 33.1 Å². The van der Waals surface area contributed by atoms with Gasteiger partial charge in [0.05, 0.1) is 38.3 Å². The first-order valence-corrected chi connectivity index (χ1v) is 26.8. The zero-order valence-electron chi connectivity index (χ0n) is 39.2. The van der Waals surface area contributed by atoms with Crippen LogP contribution >= 0.6 is 27.4 Å². The molecule has 19 N–H and O–H groups in total. The molecule has 26 atom stereocenters. The number of thioether (sulfide) groups is 1. The predicted octanol–water partition coefficient (Wildman–Crippen LogP) is -11.3. The molecule has 0 spiro atoms. The lowest BCUT2D eigenvalue weighted by atomic mass is 9.96. The van der Waals surface area contributed by atoms with E-state index >= 15 is 0 Å². The summed E-state index contributed by atoms with van der Waals surface area (Å²) in [5, 5.41) is 151. The average molecular weight is 1170 g/mol. The molecule has 0 aliphatic carbocycles. The Bertz CT molecular complexity index is 2330. The SMILES string of the molecule is CC(=O)N[C@H]1[C@H](O[C@@H]2[C@@H](OC[C@H]3O[C@@H](O)[C@@H](O)[C@@H](O)[C@@H]3O)O[C@H](CSCC(=O)N[C@H]3[C@@H](OP(=O)(O)OP(=O)(O)OC[C@H]4O[C@@H](n5ccc(=O)[nH]c5=O)[C@H](O)[C@@H]4O)O[C@H](CO)[C@@H](O)[C@@H]3O)[C@@H](O)[C@@H]2O)O[C@H](CO)[C@@H](O)[C@@H]1O. The molecule has 5 fully saturated rings. The fraction of sp³-hybridized carbons (Fsp3) is 0.838. The van der Waals surface area contributed by atoms with Crippen LogP contribution in [0.1, 0.15) is 13.2 Å². The normalized spacial score (nSPS) is 42.6. The van der Waals surface area contributed by atoms with E-state index in [4.69, 9.17) is 37.7 Å². The van der Waals surface area contributed by atoms with Crippen LogP contribution in [0.2, 0.25) is 0 Å². The number of rotatable bonds is 21. The molecule has 6 rings (SSSR count). The molecule has 5 aliphatic heterocycles. The largest absolute Gasteiger partial charge is 0.483 e. The predicted molar refractivity (Wildman–Crippen MR) is 238 cm³/mol. The van der Waals surface area contributed by atoms with E-state index in [0.29, 0.717) is 16.3 Å². The van der Waals surface area contributed by atoms with Crippen LogP contribution in [0.4, 0.5) is 0 Å². The number of phosphoric ester groups is 2. The number of aromatic nitrogens is 2. The van der Waals surface area contributed by atoms with Gasteiger partial charge >= 0.3 is 21.3 Å². The minimum Gasteiger partial charge on any atom is -0.394 e. The average Bonchev–Trinajstić information content (AvgIpc) is 3.63. The van der Waals surface area contributed by atoms with E-state index in [0.717, 1.165) is 19.2 Å². The number of aliphatic hydroxyl groups is 14. The number of nitrogens with one attached hydrogen (secondary N) is 3. The van der Waals surface area contributed by atoms with E-state index in [1.807, 2.05) is 4.98 Å². The quantitative estimate of drug-likeness (QED) is 0.0508. The van der Waals surface area contributed by atoms with Gasteiger partial charge in [-0.05, 0) is 0 Å². The number of nitrogens with zero attached hydrogens (tertiary/aromatic N) is 1. The maximum atomic E-state index is 13.3. The van der Waals surface area contributed by atoms with Crippen LogP contribution in [0.25, 0.3) is 0 Å². The van der Waals surface area contributed by atoms with Gasteiger partial charge in [-0.15, -0.1) is 11.8 Å². The molecule has 0 aromatic carbocycles. The Morgan fingerprint density at radius 3 is 1.82 bits per heavy atom. The first kappa shape index (κ1) is 62.6. The smallest absolute Gasteiger partial charge is 0.394 e. The summed E-state index contributed by atoms with van der Waals surface area (Å²) in [6.07, 6.45) is -40.6. The molecule has 0 radical (unpaired) electrons. The van der Waals surface area contributed by atoms with E-state index in [1.165, 1.54) is 0 Å². The van der Waals surface area contributed by atoms with Crippen LogP contribution in [0.3, 0.4) is 0 Å². The zero-order chi connectivity index (χ0) is 56.3. The van der Waals surface area contributed by atoms with Crippen molar-refractivity contribution >= 4 is 39.2 Å². The topological polar surface area (TPSA) is 563 Å². The molecule has 36 nitrogen and oxygen atoms in total. The highest BCUT2D eigenvalue weighted by atomic mass is 32.2. The maximum absolute atomic E-state index is 13.3. The van der Waals surface area contributed by atoms with Crippen LogP contribution in [-0.2, 0) is 65.2 Å². The Balaban J connectivity index is 1.10. The number of aliphatic hydroxyl groups excluding tert-OH is 14. The number of aromatic amines is 1. The second-order valence-electron chi connectivity index (χ2n) is 17.7. The van der Waals surface area contributed by atoms with Gasteiger partial charge in [-0.3, -0.25) is 33.0 Å². The van der Waals surface area contributed by atoms with Crippen molar-refractivity contribution < 1.29 is 147 Å². The van der Waals surface area contributed by atoms with Gasteiger partial charge in [0.2, 0.25) is 11.8 Å². The molecule has 2 amide bonds.